The summed E-state index contributed by atoms with van der Waals surface area (Å²) in [5, 5.41) is 0.957. The van der Waals surface area contributed by atoms with Crippen molar-refractivity contribution in [1.29, 1.82) is 0 Å². The Balaban J connectivity index is 2.23. The van der Waals surface area contributed by atoms with Crippen LogP contribution in [-0.2, 0) is 6.54 Å². The zero-order chi connectivity index (χ0) is 12.3. The summed E-state index contributed by atoms with van der Waals surface area (Å²) in [7, 11) is 0. The first-order valence-corrected chi connectivity index (χ1v) is 7.84. The normalized spacial score (nSPS) is 19.2. The van der Waals surface area contributed by atoms with Gasteiger partial charge in [0.1, 0.15) is 4.47 Å². The number of alkyl halides is 1. The molecule has 1 aromatic rings. The molecule has 1 aliphatic carbocycles. The van der Waals surface area contributed by atoms with Crippen LogP contribution in [0.4, 0.5) is 0 Å². The largest absolute Gasteiger partial charge is 0.298 e. The lowest BCUT2D eigenvalue weighted by molar-refractivity contribution is 0.188. The number of halogens is 2. The van der Waals surface area contributed by atoms with Crippen LogP contribution in [0.25, 0.3) is 0 Å². The quantitative estimate of drug-likeness (QED) is 0.772. The van der Waals surface area contributed by atoms with Gasteiger partial charge in [0.25, 0.3) is 5.56 Å². The molecule has 94 valence electrons. The molecule has 0 N–H and O–H groups in total. The van der Waals surface area contributed by atoms with Gasteiger partial charge in [-0.15, -0.1) is 0 Å². The Labute approximate surface area is 118 Å². The lowest BCUT2D eigenvalue weighted by atomic mass is 9.75. The summed E-state index contributed by atoms with van der Waals surface area (Å²) in [6.45, 7) is 0.767. The van der Waals surface area contributed by atoms with E-state index in [-0.39, 0.29) is 11.0 Å². The number of hydrogen-bond acceptors (Lipinski definition) is 2. The van der Waals surface area contributed by atoms with Gasteiger partial charge < -0.3 is 0 Å². The van der Waals surface area contributed by atoms with Crippen LogP contribution in [0.5, 0.6) is 0 Å². The lowest BCUT2D eigenvalue weighted by Gasteiger charge is -2.36. The van der Waals surface area contributed by atoms with Crippen LogP contribution >= 0.6 is 31.9 Å². The number of hydrogen-bond donors (Lipinski definition) is 0. The molecule has 1 fully saturated rings. The first-order chi connectivity index (χ1) is 8.17. The molecule has 1 aliphatic rings. The van der Waals surface area contributed by atoms with Crippen LogP contribution in [0.1, 0.15) is 32.1 Å². The highest BCUT2D eigenvalue weighted by atomic mass is 79.9. The third kappa shape index (κ3) is 2.99. The Kier molecular flexibility index (Phi) is 4.42. The van der Waals surface area contributed by atoms with Gasteiger partial charge in [-0.25, -0.2) is 4.98 Å². The summed E-state index contributed by atoms with van der Waals surface area (Å²) in [5.74, 6) is 0. The molecule has 0 aliphatic heterocycles. The molecule has 0 unspecified atom stereocenters. The zero-order valence-electron chi connectivity index (χ0n) is 9.66. The van der Waals surface area contributed by atoms with Crippen molar-refractivity contribution in [2.45, 2.75) is 38.6 Å². The smallest absolute Gasteiger partial charge is 0.267 e. The van der Waals surface area contributed by atoms with E-state index in [0.29, 0.717) is 4.47 Å². The van der Waals surface area contributed by atoms with Gasteiger partial charge in [0.2, 0.25) is 0 Å². The van der Waals surface area contributed by atoms with Gasteiger partial charge in [-0.05, 0) is 34.2 Å². The molecule has 0 atom stereocenters. The predicted molar refractivity (Wildman–Crippen MR) is 75.5 cm³/mol. The van der Waals surface area contributed by atoms with Crippen molar-refractivity contribution in [3.05, 3.63) is 27.4 Å². The highest BCUT2D eigenvalue weighted by molar-refractivity contribution is 9.10. The molecule has 0 radical (unpaired) electrons. The molecule has 2 rings (SSSR count). The second-order valence-corrected chi connectivity index (χ2v) is 6.28. The molecular weight excluding hydrogens is 348 g/mol. The van der Waals surface area contributed by atoms with Gasteiger partial charge >= 0.3 is 0 Å². The molecular formula is C12H16Br2N2O. The fraction of sp³-hybridized carbons (Fsp3) is 0.667. The van der Waals surface area contributed by atoms with Gasteiger partial charge in [0, 0.05) is 18.1 Å². The summed E-state index contributed by atoms with van der Waals surface area (Å²) in [6.07, 6.45) is 9.44. The first-order valence-electron chi connectivity index (χ1n) is 5.93. The van der Waals surface area contributed by atoms with Crippen LogP contribution in [0.2, 0.25) is 0 Å². The molecule has 0 aromatic carbocycles. The molecule has 5 heteroatoms. The van der Waals surface area contributed by atoms with E-state index in [1.165, 1.54) is 32.1 Å². The summed E-state index contributed by atoms with van der Waals surface area (Å²) < 4.78 is 2.27. The first kappa shape index (κ1) is 13.3. The Hall–Kier alpha value is -0.160. The van der Waals surface area contributed by atoms with Gasteiger partial charge in [-0.3, -0.25) is 9.36 Å². The van der Waals surface area contributed by atoms with Crippen molar-refractivity contribution >= 4 is 31.9 Å². The number of nitrogens with zero attached hydrogens (tertiary/aromatic N) is 2. The van der Waals surface area contributed by atoms with Gasteiger partial charge in [0.05, 0.1) is 6.33 Å². The van der Waals surface area contributed by atoms with Crippen molar-refractivity contribution in [3.63, 3.8) is 0 Å². The predicted octanol–water partition coefficient (Wildman–Crippen LogP) is 3.35. The van der Waals surface area contributed by atoms with Crippen LogP contribution in [0.3, 0.4) is 0 Å². The van der Waals surface area contributed by atoms with Crippen molar-refractivity contribution < 1.29 is 0 Å². The zero-order valence-corrected chi connectivity index (χ0v) is 12.8. The second-order valence-electron chi connectivity index (χ2n) is 4.87. The SMILES string of the molecule is O=c1c(Br)cncn1CC1(CBr)CCCCC1. The molecule has 0 spiro atoms. The molecule has 0 saturated heterocycles. The molecule has 0 bridgehead atoms. The van der Waals surface area contributed by atoms with E-state index >= 15 is 0 Å². The Bertz CT molecular complexity index is 438. The maximum atomic E-state index is 12.0. The van der Waals surface area contributed by atoms with E-state index in [1.54, 1.807) is 17.1 Å². The lowest BCUT2D eigenvalue weighted by Crippen LogP contribution is -2.35. The van der Waals surface area contributed by atoms with Crippen molar-refractivity contribution in [2.75, 3.05) is 5.33 Å². The Morgan fingerprint density at radius 1 is 1.35 bits per heavy atom. The molecule has 1 aromatic heterocycles. The fourth-order valence-electron chi connectivity index (χ4n) is 2.53. The Morgan fingerprint density at radius 3 is 2.71 bits per heavy atom. The second kappa shape index (κ2) is 5.65. The average Bonchev–Trinajstić information content (AvgIpc) is 2.36. The maximum absolute atomic E-state index is 12.0. The summed E-state index contributed by atoms with van der Waals surface area (Å²) in [5.41, 5.74) is 0.246. The van der Waals surface area contributed by atoms with Crippen molar-refractivity contribution in [3.8, 4) is 0 Å². The fourth-order valence-corrected chi connectivity index (χ4v) is 3.62. The van der Waals surface area contributed by atoms with Gasteiger partial charge in [0.15, 0.2) is 0 Å². The molecule has 1 saturated carbocycles. The highest BCUT2D eigenvalue weighted by Gasteiger charge is 2.31. The van der Waals surface area contributed by atoms with Crippen molar-refractivity contribution in [1.82, 2.24) is 9.55 Å². The monoisotopic (exact) mass is 362 g/mol. The minimum atomic E-state index is 0.0194. The van der Waals surface area contributed by atoms with Crippen LogP contribution < -0.4 is 5.56 Å². The van der Waals surface area contributed by atoms with E-state index in [0.717, 1.165) is 11.9 Å². The van der Waals surface area contributed by atoms with Gasteiger partial charge in [-0.2, -0.15) is 0 Å². The summed E-state index contributed by atoms with van der Waals surface area (Å²) in [4.78, 5) is 16.0. The molecule has 1 heterocycles. The standard InChI is InChI=1S/C12H16Br2N2O/c13-7-12(4-2-1-3-5-12)8-16-9-15-6-10(14)11(16)17/h6,9H,1-5,7-8H2. The third-order valence-corrected chi connectivity index (χ3v) is 5.30. The topological polar surface area (TPSA) is 34.9 Å². The summed E-state index contributed by atoms with van der Waals surface area (Å²) >= 11 is 6.86. The number of rotatable bonds is 3. The van der Waals surface area contributed by atoms with E-state index in [4.69, 9.17) is 0 Å². The van der Waals surface area contributed by atoms with Crippen molar-refractivity contribution in [2.24, 2.45) is 5.41 Å². The van der Waals surface area contributed by atoms with Crippen LogP contribution in [0.15, 0.2) is 21.8 Å². The van der Waals surface area contributed by atoms with Crippen LogP contribution in [0, 0.1) is 5.41 Å². The molecule has 3 nitrogen and oxygen atoms in total. The minimum Gasteiger partial charge on any atom is -0.298 e. The molecule has 0 amide bonds. The number of aromatic nitrogens is 2. The van der Waals surface area contributed by atoms with E-state index < -0.39 is 0 Å². The van der Waals surface area contributed by atoms with E-state index in [9.17, 15) is 4.79 Å². The van der Waals surface area contributed by atoms with Gasteiger partial charge in [-0.1, -0.05) is 35.2 Å². The summed E-state index contributed by atoms with van der Waals surface area (Å²) in [6, 6.07) is 0. The minimum absolute atomic E-state index is 0.0194. The average molecular weight is 364 g/mol. The Morgan fingerprint density at radius 2 is 2.06 bits per heavy atom. The van der Waals surface area contributed by atoms with Crippen LogP contribution in [-0.4, -0.2) is 14.9 Å². The molecule has 17 heavy (non-hydrogen) atoms. The third-order valence-electron chi connectivity index (χ3n) is 3.56. The highest BCUT2D eigenvalue weighted by Crippen LogP contribution is 2.38. The van der Waals surface area contributed by atoms with E-state index in [1.807, 2.05) is 0 Å². The maximum Gasteiger partial charge on any atom is 0.267 e. The van der Waals surface area contributed by atoms with E-state index in [2.05, 4.69) is 36.8 Å².